The van der Waals surface area contributed by atoms with E-state index in [1.807, 2.05) is 0 Å². The van der Waals surface area contributed by atoms with E-state index in [4.69, 9.17) is 16.7 Å². The third-order valence-corrected chi connectivity index (χ3v) is 4.98. The zero-order valence-electron chi connectivity index (χ0n) is 10.2. The highest BCUT2D eigenvalue weighted by Gasteiger charge is 2.27. The molecule has 1 aliphatic heterocycles. The minimum absolute atomic E-state index is 0.00927. The molecule has 1 fully saturated rings. The van der Waals surface area contributed by atoms with E-state index in [9.17, 15) is 4.79 Å². The van der Waals surface area contributed by atoms with Crippen molar-refractivity contribution in [1.82, 2.24) is 9.88 Å². The van der Waals surface area contributed by atoms with Gasteiger partial charge < -0.3 is 10.0 Å². The summed E-state index contributed by atoms with van der Waals surface area (Å²) in [5, 5.41) is 9.75. The van der Waals surface area contributed by atoms with Crippen LogP contribution in [0.3, 0.4) is 0 Å². The Kier molecular flexibility index (Phi) is 3.43. The van der Waals surface area contributed by atoms with Crippen LogP contribution in [0, 0.1) is 5.92 Å². The number of aromatic nitrogens is 1. The Bertz CT molecular complexity index is 628. The molecule has 1 atom stereocenters. The van der Waals surface area contributed by atoms with Crippen LogP contribution in [-0.2, 0) is 0 Å². The molecule has 0 aliphatic carbocycles. The van der Waals surface area contributed by atoms with Gasteiger partial charge in [0.15, 0.2) is 0 Å². The third-order valence-electron chi connectivity index (χ3n) is 3.41. The van der Waals surface area contributed by atoms with Crippen molar-refractivity contribution in [2.75, 3.05) is 19.7 Å². The van der Waals surface area contributed by atoms with Crippen LogP contribution in [0.15, 0.2) is 18.3 Å². The number of amides is 1. The van der Waals surface area contributed by atoms with E-state index in [2.05, 4.69) is 4.98 Å². The number of carbonyl (C=O) groups excluding carboxylic acids is 1. The lowest BCUT2D eigenvalue weighted by Gasteiger charge is -2.14. The summed E-state index contributed by atoms with van der Waals surface area (Å²) in [6, 6.07) is 3.52. The summed E-state index contributed by atoms with van der Waals surface area (Å²) >= 11 is 7.47. The predicted octanol–water partition coefficient (Wildman–Crippen LogP) is 2.40. The molecule has 100 valence electrons. The molecule has 0 radical (unpaired) electrons. The quantitative estimate of drug-likeness (QED) is 0.926. The van der Waals surface area contributed by atoms with Gasteiger partial charge in [0.25, 0.3) is 5.91 Å². The van der Waals surface area contributed by atoms with Crippen molar-refractivity contribution in [2.24, 2.45) is 5.92 Å². The van der Waals surface area contributed by atoms with Gasteiger partial charge in [-0.2, -0.15) is 0 Å². The van der Waals surface area contributed by atoms with Gasteiger partial charge in [0.2, 0.25) is 0 Å². The fourth-order valence-electron chi connectivity index (χ4n) is 2.33. The molecule has 1 N–H and O–H groups in total. The monoisotopic (exact) mass is 296 g/mol. The van der Waals surface area contributed by atoms with Crippen molar-refractivity contribution in [1.29, 1.82) is 0 Å². The van der Waals surface area contributed by atoms with E-state index < -0.39 is 0 Å². The Labute approximate surface area is 119 Å². The molecule has 3 heterocycles. The summed E-state index contributed by atoms with van der Waals surface area (Å²) in [6.45, 7) is 1.48. The van der Waals surface area contributed by atoms with Gasteiger partial charge in [0.1, 0.15) is 0 Å². The fourth-order valence-corrected chi connectivity index (χ4v) is 3.59. The SMILES string of the molecule is O=C(c1cc2nccc(Cl)c2s1)N1CC[C@H](CO)C1. The largest absolute Gasteiger partial charge is 0.396 e. The lowest BCUT2D eigenvalue weighted by molar-refractivity contribution is 0.0786. The highest BCUT2D eigenvalue weighted by Crippen LogP contribution is 2.31. The number of nitrogens with zero attached hydrogens (tertiary/aromatic N) is 2. The molecular weight excluding hydrogens is 284 g/mol. The number of halogens is 1. The number of pyridine rings is 1. The van der Waals surface area contributed by atoms with Gasteiger partial charge in [-0.3, -0.25) is 9.78 Å². The van der Waals surface area contributed by atoms with E-state index in [1.54, 1.807) is 23.2 Å². The van der Waals surface area contributed by atoms with E-state index in [1.165, 1.54) is 11.3 Å². The standard InChI is InChI=1S/C13H13ClN2O2S/c14-9-1-3-15-10-5-11(19-12(9)10)13(18)16-4-2-8(6-16)7-17/h1,3,5,8,17H,2,4,6-7H2/t8-/m0/s1. The van der Waals surface area contributed by atoms with Crippen molar-refractivity contribution in [3.8, 4) is 0 Å². The van der Waals surface area contributed by atoms with E-state index in [0.29, 0.717) is 23.0 Å². The Morgan fingerprint density at radius 3 is 3.16 bits per heavy atom. The predicted molar refractivity (Wildman–Crippen MR) is 75.7 cm³/mol. The van der Waals surface area contributed by atoms with Crippen molar-refractivity contribution in [3.05, 3.63) is 28.2 Å². The number of aliphatic hydroxyl groups excluding tert-OH is 1. The van der Waals surface area contributed by atoms with Crippen LogP contribution in [0.25, 0.3) is 10.2 Å². The molecule has 1 amide bonds. The summed E-state index contributed by atoms with van der Waals surface area (Å²) in [6.07, 6.45) is 2.51. The Hall–Kier alpha value is -1.17. The molecule has 1 saturated heterocycles. The van der Waals surface area contributed by atoms with Crippen molar-refractivity contribution in [2.45, 2.75) is 6.42 Å². The first-order valence-corrected chi connectivity index (χ1v) is 7.32. The average molecular weight is 297 g/mol. The second kappa shape index (κ2) is 5.07. The van der Waals surface area contributed by atoms with Crippen LogP contribution in [0.4, 0.5) is 0 Å². The summed E-state index contributed by atoms with van der Waals surface area (Å²) in [7, 11) is 0. The van der Waals surface area contributed by atoms with Crippen LogP contribution >= 0.6 is 22.9 Å². The van der Waals surface area contributed by atoms with Gasteiger partial charge in [-0.1, -0.05) is 11.6 Å². The highest BCUT2D eigenvalue weighted by atomic mass is 35.5. The zero-order chi connectivity index (χ0) is 13.4. The smallest absolute Gasteiger partial charge is 0.264 e. The Balaban J connectivity index is 1.88. The molecular formula is C13H13ClN2O2S. The number of hydrogen-bond acceptors (Lipinski definition) is 4. The van der Waals surface area contributed by atoms with Crippen molar-refractivity contribution in [3.63, 3.8) is 0 Å². The highest BCUT2D eigenvalue weighted by molar-refractivity contribution is 7.21. The maximum atomic E-state index is 12.4. The van der Waals surface area contributed by atoms with Gasteiger partial charge in [-0.15, -0.1) is 11.3 Å². The number of fused-ring (bicyclic) bond motifs is 1. The number of thiophene rings is 1. The normalized spacial score (nSPS) is 19.3. The molecule has 19 heavy (non-hydrogen) atoms. The van der Waals surface area contributed by atoms with E-state index >= 15 is 0 Å². The molecule has 2 aromatic rings. The second-order valence-corrected chi connectivity index (χ2v) is 6.17. The van der Waals surface area contributed by atoms with Gasteiger partial charge in [0.05, 0.1) is 20.1 Å². The summed E-state index contributed by atoms with van der Waals surface area (Å²) < 4.78 is 0.852. The maximum absolute atomic E-state index is 12.4. The lowest BCUT2D eigenvalue weighted by Crippen LogP contribution is -2.28. The molecule has 1 aliphatic rings. The first-order chi connectivity index (χ1) is 9.19. The fraction of sp³-hybridized carbons (Fsp3) is 0.385. The zero-order valence-corrected chi connectivity index (χ0v) is 11.7. The minimum Gasteiger partial charge on any atom is -0.396 e. The van der Waals surface area contributed by atoms with Crippen LogP contribution in [0.2, 0.25) is 5.02 Å². The topological polar surface area (TPSA) is 53.4 Å². The summed E-state index contributed by atoms with van der Waals surface area (Å²) in [5.41, 5.74) is 0.763. The van der Waals surface area contributed by atoms with E-state index in [-0.39, 0.29) is 18.4 Å². The van der Waals surface area contributed by atoms with Crippen molar-refractivity contribution < 1.29 is 9.90 Å². The molecule has 0 spiro atoms. The second-order valence-electron chi connectivity index (χ2n) is 4.71. The molecule has 0 bridgehead atoms. The first-order valence-electron chi connectivity index (χ1n) is 6.13. The number of rotatable bonds is 2. The number of hydrogen-bond donors (Lipinski definition) is 1. The maximum Gasteiger partial charge on any atom is 0.264 e. The summed E-state index contributed by atoms with van der Waals surface area (Å²) in [5.74, 6) is 0.218. The van der Waals surface area contributed by atoms with Crippen molar-refractivity contribution >= 4 is 39.1 Å². The van der Waals surface area contributed by atoms with E-state index in [0.717, 1.165) is 16.6 Å². The Morgan fingerprint density at radius 2 is 2.47 bits per heavy atom. The number of aliphatic hydroxyl groups is 1. The van der Waals surface area contributed by atoms with Crippen LogP contribution in [0.5, 0.6) is 0 Å². The third kappa shape index (κ3) is 2.33. The summed E-state index contributed by atoms with van der Waals surface area (Å²) in [4.78, 5) is 19.0. The van der Waals surface area contributed by atoms with Crippen LogP contribution in [0.1, 0.15) is 16.1 Å². The molecule has 0 aromatic carbocycles. The molecule has 6 heteroatoms. The minimum atomic E-state index is 0.00927. The first kappa shape index (κ1) is 12.8. The van der Waals surface area contributed by atoms with Crippen LogP contribution < -0.4 is 0 Å². The lowest BCUT2D eigenvalue weighted by atomic mass is 10.1. The van der Waals surface area contributed by atoms with Gasteiger partial charge >= 0.3 is 0 Å². The molecule has 4 nitrogen and oxygen atoms in total. The molecule has 0 saturated carbocycles. The van der Waals surface area contributed by atoms with Gasteiger partial charge in [-0.25, -0.2) is 0 Å². The number of likely N-dealkylation sites (tertiary alicyclic amines) is 1. The molecule has 3 rings (SSSR count). The average Bonchev–Trinajstić information content (AvgIpc) is 3.05. The Morgan fingerprint density at radius 1 is 1.63 bits per heavy atom. The molecule has 2 aromatic heterocycles. The molecule has 0 unspecified atom stereocenters. The van der Waals surface area contributed by atoms with Crippen LogP contribution in [-0.4, -0.2) is 40.6 Å². The number of carbonyl (C=O) groups is 1. The van der Waals surface area contributed by atoms with Gasteiger partial charge in [0, 0.05) is 31.8 Å². The van der Waals surface area contributed by atoms with Gasteiger partial charge in [-0.05, 0) is 18.6 Å².